The number of carbonyl (C=O) groups excluding carboxylic acids is 1. The molecule has 1 unspecified atom stereocenters. The summed E-state index contributed by atoms with van der Waals surface area (Å²) in [5.74, 6) is 1.32. The summed E-state index contributed by atoms with van der Waals surface area (Å²) in [6.45, 7) is 4.49. The Balaban J connectivity index is 1.41. The van der Waals surface area contributed by atoms with Gasteiger partial charge in [0.05, 0.1) is 18.9 Å². The SMILES string of the molecule is COc1cccc(C2C(C(=O)N3CCN(c4ccc(F)cc4)CC3)=C(C)Nc3ccnn32)c1. The van der Waals surface area contributed by atoms with Gasteiger partial charge >= 0.3 is 0 Å². The van der Waals surface area contributed by atoms with Gasteiger partial charge in [-0.3, -0.25) is 4.79 Å². The number of rotatable bonds is 4. The molecule has 33 heavy (non-hydrogen) atoms. The van der Waals surface area contributed by atoms with E-state index in [4.69, 9.17) is 4.74 Å². The summed E-state index contributed by atoms with van der Waals surface area (Å²) in [7, 11) is 1.63. The van der Waals surface area contributed by atoms with E-state index in [0.29, 0.717) is 31.8 Å². The van der Waals surface area contributed by atoms with Crippen molar-refractivity contribution in [3.63, 3.8) is 0 Å². The second-order valence-corrected chi connectivity index (χ2v) is 8.26. The van der Waals surface area contributed by atoms with Crippen LogP contribution in [-0.4, -0.2) is 53.9 Å². The lowest BCUT2D eigenvalue weighted by molar-refractivity contribution is -0.128. The maximum atomic E-state index is 13.8. The van der Waals surface area contributed by atoms with Gasteiger partial charge in [-0.15, -0.1) is 0 Å². The molecule has 2 aliphatic rings. The van der Waals surface area contributed by atoms with Crippen molar-refractivity contribution in [2.75, 3.05) is 43.5 Å². The molecular formula is C25H26FN5O2. The van der Waals surface area contributed by atoms with Crippen molar-refractivity contribution in [3.8, 4) is 5.75 Å². The number of carbonyl (C=O) groups is 1. The maximum Gasteiger partial charge on any atom is 0.254 e. The topological polar surface area (TPSA) is 62.6 Å². The van der Waals surface area contributed by atoms with Crippen LogP contribution in [0.4, 0.5) is 15.9 Å². The Hall–Kier alpha value is -3.81. The summed E-state index contributed by atoms with van der Waals surface area (Å²) in [6, 6.07) is 15.8. The quantitative estimate of drug-likeness (QED) is 0.661. The molecule has 0 spiro atoms. The highest BCUT2D eigenvalue weighted by molar-refractivity contribution is 5.97. The van der Waals surface area contributed by atoms with E-state index in [0.717, 1.165) is 28.5 Å². The third-order valence-corrected chi connectivity index (χ3v) is 6.31. The molecule has 1 N–H and O–H groups in total. The standard InChI is InChI=1S/C25H26FN5O2/c1-17-23(25(32)30-14-12-29(13-15-30)20-8-6-19(26)7-9-20)24(31-22(28-17)10-11-27-31)18-4-3-5-21(16-18)33-2/h3-11,16,24,28H,12-15H2,1-2H3. The summed E-state index contributed by atoms with van der Waals surface area (Å²) in [5.41, 5.74) is 3.40. The molecule has 1 amide bonds. The van der Waals surface area contributed by atoms with Crippen molar-refractivity contribution >= 4 is 17.4 Å². The average molecular weight is 448 g/mol. The van der Waals surface area contributed by atoms with Gasteiger partial charge in [-0.05, 0) is 48.9 Å². The minimum absolute atomic E-state index is 0.00674. The number of amides is 1. The summed E-state index contributed by atoms with van der Waals surface area (Å²) in [5, 5.41) is 7.84. The summed E-state index contributed by atoms with van der Waals surface area (Å²) in [6.07, 6.45) is 1.73. The van der Waals surface area contributed by atoms with Crippen molar-refractivity contribution in [2.45, 2.75) is 13.0 Å². The Kier molecular flexibility index (Phi) is 5.50. The highest BCUT2D eigenvalue weighted by atomic mass is 19.1. The number of hydrogen-bond donors (Lipinski definition) is 1. The van der Waals surface area contributed by atoms with Gasteiger partial charge in [-0.1, -0.05) is 12.1 Å². The van der Waals surface area contributed by atoms with Crippen molar-refractivity contribution in [1.82, 2.24) is 14.7 Å². The van der Waals surface area contributed by atoms with Crippen LogP contribution in [0.15, 0.2) is 72.1 Å². The molecule has 2 aliphatic heterocycles. The largest absolute Gasteiger partial charge is 0.497 e. The van der Waals surface area contributed by atoms with E-state index in [2.05, 4.69) is 15.3 Å². The predicted octanol–water partition coefficient (Wildman–Crippen LogP) is 3.67. The van der Waals surface area contributed by atoms with Crippen LogP contribution < -0.4 is 15.0 Å². The van der Waals surface area contributed by atoms with Crippen LogP contribution in [0.3, 0.4) is 0 Å². The van der Waals surface area contributed by atoms with Gasteiger partial charge in [0.15, 0.2) is 0 Å². The van der Waals surface area contributed by atoms with Crippen LogP contribution in [-0.2, 0) is 4.79 Å². The summed E-state index contributed by atoms with van der Waals surface area (Å²) >= 11 is 0. The number of nitrogens with zero attached hydrogens (tertiary/aromatic N) is 4. The molecule has 0 saturated carbocycles. The Labute approximate surface area is 192 Å². The highest BCUT2D eigenvalue weighted by Gasteiger charge is 2.36. The Morgan fingerprint density at radius 2 is 1.85 bits per heavy atom. The molecule has 0 bridgehead atoms. The van der Waals surface area contributed by atoms with Crippen LogP contribution >= 0.6 is 0 Å². The molecule has 2 aromatic carbocycles. The molecule has 0 aliphatic carbocycles. The van der Waals surface area contributed by atoms with E-state index in [1.54, 1.807) is 25.4 Å². The molecule has 3 aromatic rings. The van der Waals surface area contributed by atoms with Crippen LogP contribution in [0.25, 0.3) is 0 Å². The zero-order valence-corrected chi connectivity index (χ0v) is 18.7. The lowest BCUT2D eigenvalue weighted by Crippen LogP contribution is -2.50. The highest BCUT2D eigenvalue weighted by Crippen LogP contribution is 2.37. The van der Waals surface area contributed by atoms with E-state index in [1.807, 2.05) is 46.8 Å². The minimum atomic E-state index is -0.353. The summed E-state index contributed by atoms with van der Waals surface area (Å²) in [4.78, 5) is 17.9. The van der Waals surface area contributed by atoms with E-state index in [9.17, 15) is 9.18 Å². The number of aromatic nitrogens is 2. The molecule has 7 nitrogen and oxygen atoms in total. The average Bonchev–Trinajstić information content (AvgIpc) is 3.31. The van der Waals surface area contributed by atoms with Gasteiger partial charge in [0, 0.05) is 43.6 Å². The van der Waals surface area contributed by atoms with Gasteiger partial charge in [-0.25, -0.2) is 9.07 Å². The first-order valence-corrected chi connectivity index (χ1v) is 11.0. The normalized spacial score (nSPS) is 18.1. The van der Waals surface area contributed by atoms with Crippen LogP contribution in [0.5, 0.6) is 5.75 Å². The smallest absolute Gasteiger partial charge is 0.254 e. The van der Waals surface area contributed by atoms with Gasteiger partial charge in [0.1, 0.15) is 23.4 Å². The number of anilines is 2. The van der Waals surface area contributed by atoms with Gasteiger partial charge < -0.3 is 19.9 Å². The fourth-order valence-electron chi connectivity index (χ4n) is 4.59. The van der Waals surface area contributed by atoms with Crippen molar-refractivity contribution in [1.29, 1.82) is 0 Å². The number of halogens is 1. The molecule has 170 valence electrons. The van der Waals surface area contributed by atoms with E-state index in [-0.39, 0.29) is 17.8 Å². The van der Waals surface area contributed by atoms with Crippen LogP contribution in [0.2, 0.25) is 0 Å². The van der Waals surface area contributed by atoms with Crippen LogP contribution in [0, 0.1) is 5.82 Å². The van der Waals surface area contributed by atoms with Gasteiger partial charge in [-0.2, -0.15) is 5.10 Å². The number of methoxy groups -OCH3 is 1. The molecule has 0 radical (unpaired) electrons. The van der Waals surface area contributed by atoms with E-state index < -0.39 is 0 Å². The molecule has 1 saturated heterocycles. The number of hydrogen-bond acceptors (Lipinski definition) is 5. The number of piperazine rings is 1. The van der Waals surface area contributed by atoms with Gasteiger partial charge in [0.25, 0.3) is 5.91 Å². The van der Waals surface area contributed by atoms with Crippen molar-refractivity contribution in [3.05, 3.63) is 83.4 Å². The first kappa shape index (κ1) is 21.1. The number of allylic oxidation sites excluding steroid dienone is 1. The molecular weight excluding hydrogens is 421 g/mol. The molecule has 8 heteroatoms. The third-order valence-electron chi connectivity index (χ3n) is 6.31. The van der Waals surface area contributed by atoms with Gasteiger partial charge in [0.2, 0.25) is 0 Å². The maximum absolute atomic E-state index is 13.8. The fraction of sp³-hybridized carbons (Fsp3) is 0.280. The first-order chi connectivity index (χ1) is 16.0. The number of fused-ring (bicyclic) bond motifs is 1. The van der Waals surface area contributed by atoms with Crippen molar-refractivity contribution < 1.29 is 13.9 Å². The Morgan fingerprint density at radius 3 is 2.58 bits per heavy atom. The minimum Gasteiger partial charge on any atom is -0.497 e. The molecule has 5 rings (SSSR count). The number of nitrogens with one attached hydrogen (secondary N) is 1. The second kappa shape index (κ2) is 8.61. The Morgan fingerprint density at radius 1 is 1.09 bits per heavy atom. The number of benzene rings is 2. The first-order valence-electron chi connectivity index (χ1n) is 11.0. The number of ether oxygens (including phenoxy) is 1. The van der Waals surface area contributed by atoms with Crippen molar-refractivity contribution in [2.24, 2.45) is 0 Å². The molecule has 1 atom stereocenters. The monoisotopic (exact) mass is 447 g/mol. The van der Waals surface area contributed by atoms with E-state index >= 15 is 0 Å². The predicted molar refractivity (Wildman–Crippen MR) is 125 cm³/mol. The fourth-order valence-corrected chi connectivity index (χ4v) is 4.59. The lowest BCUT2D eigenvalue weighted by atomic mass is 9.94. The molecule has 1 fully saturated rings. The zero-order chi connectivity index (χ0) is 22.9. The third kappa shape index (κ3) is 3.92. The molecule has 1 aromatic heterocycles. The zero-order valence-electron chi connectivity index (χ0n) is 18.7. The van der Waals surface area contributed by atoms with E-state index in [1.165, 1.54) is 12.1 Å². The molecule has 3 heterocycles. The summed E-state index contributed by atoms with van der Waals surface area (Å²) < 4.78 is 20.6. The van der Waals surface area contributed by atoms with Crippen LogP contribution in [0.1, 0.15) is 18.5 Å². The lowest BCUT2D eigenvalue weighted by Gasteiger charge is -2.38. The second-order valence-electron chi connectivity index (χ2n) is 8.26. The Bertz CT molecular complexity index is 1200.